The molecule has 1 aromatic heterocycles. The van der Waals surface area contributed by atoms with Crippen LogP contribution in [0.5, 0.6) is 0 Å². The molecule has 8 nitrogen and oxygen atoms in total. The van der Waals surface area contributed by atoms with E-state index in [0.29, 0.717) is 30.8 Å². The highest BCUT2D eigenvalue weighted by molar-refractivity contribution is 7.12. The minimum Gasteiger partial charge on any atom is -0.481 e. The Bertz CT molecular complexity index is 668. The van der Waals surface area contributed by atoms with Crippen LogP contribution in [-0.2, 0) is 14.4 Å². The van der Waals surface area contributed by atoms with E-state index < -0.39 is 17.9 Å². The van der Waals surface area contributed by atoms with Crippen LogP contribution in [0.4, 0.5) is 0 Å². The summed E-state index contributed by atoms with van der Waals surface area (Å²) in [5.74, 6) is -2.15. The lowest BCUT2D eigenvalue weighted by Crippen LogP contribution is -2.50. The Morgan fingerprint density at radius 3 is 2.54 bits per heavy atom. The van der Waals surface area contributed by atoms with Crippen molar-refractivity contribution in [2.45, 2.75) is 25.8 Å². The van der Waals surface area contributed by atoms with Crippen LogP contribution in [0.1, 0.15) is 29.4 Å². The molecule has 2 N–H and O–H groups in total. The summed E-state index contributed by atoms with van der Waals surface area (Å²) in [6.07, 6.45) is 0.845. The number of thiophene rings is 1. The molecule has 1 fully saturated rings. The smallest absolute Gasteiger partial charge is 0.306 e. The zero-order chi connectivity index (χ0) is 19.3. The summed E-state index contributed by atoms with van der Waals surface area (Å²) in [5, 5.41) is 13.4. The van der Waals surface area contributed by atoms with Crippen molar-refractivity contribution < 1.29 is 24.3 Å². The number of hydrogen-bond acceptors (Lipinski definition) is 5. The summed E-state index contributed by atoms with van der Waals surface area (Å²) in [5.41, 5.74) is 0. The lowest BCUT2D eigenvalue weighted by atomic mass is 9.97. The quantitative estimate of drug-likeness (QED) is 0.752. The molecule has 0 aromatic carbocycles. The van der Waals surface area contributed by atoms with Crippen LogP contribution in [0.2, 0.25) is 0 Å². The van der Waals surface area contributed by atoms with Gasteiger partial charge in [0.1, 0.15) is 6.04 Å². The maximum atomic E-state index is 12.4. The number of carboxylic acids is 1. The summed E-state index contributed by atoms with van der Waals surface area (Å²) in [7, 11) is 1.51. The van der Waals surface area contributed by atoms with Gasteiger partial charge in [-0.25, -0.2) is 0 Å². The number of carbonyl (C=O) groups excluding carboxylic acids is 3. The van der Waals surface area contributed by atoms with Crippen LogP contribution in [0.15, 0.2) is 17.5 Å². The molecular formula is C17H23N3O5S. The van der Waals surface area contributed by atoms with E-state index in [1.165, 1.54) is 23.3 Å². The molecule has 26 heavy (non-hydrogen) atoms. The van der Waals surface area contributed by atoms with Gasteiger partial charge in [0, 0.05) is 20.1 Å². The van der Waals surface area contributed by atoms with Gasteiger partial charge in [0.25, 0.3) is 5.91 Å². The predicted molar refractivity (Wildman–Crippen MR) is 95.8 cm³/mol. The van der Waals surface area contributed by atoms with Crippen molar-refractivity contribution in [2.24, 2.45) is 5.92 Å². The summed E-state index contributed by atoms with van der Waals surface area (Å²) in [6, 6.07) is 2.68. The van der Waals surface area contributed by atoms with Crippen molar-refractivity contribution in [1.82, 2.24) is 15.1 Å². The molecule has 1 aromatic rings. The molecule has 1 aliphatic rings. The maximum absolute atomic E-state index is 12.4. The Morgan fingerprint density at radius 2 is 2.00 bits per heavy atom. The first-order valence-electron chi connectivity index (χ1n) is 8.39. The second-order valence-electron chi connectivity index (χ2n) is 6.36. The molecule has 3 amide bonds. The highest BCUT2D eigenvalue weighted by Gasteiger charge is 2.29. The van der Waals surface area contributed by atoms with E-state index in [4.69, 9.17) is 5.11 Å². The standard InChI is InChI=1S/C17H23N3O5S/c1-11(18-15(22)13-4-3-9-26-13)16(23)19(2)10-14(21)20-7-5-12(6-8-20)17(24)25/h3-4,9,11-12H,5-8,10H2,1-2H3,(H,18,22)(H,24,25). The predicted octanol–water partition coefficient (Wildman–Crippen LogP) is 0.648. The van der Waals surface area contributed by atoms with Gasteiger partial charge in [0.05, 0.1) is 17.3 Å². The van der Waals surface area contributed by atoms with Crippen LogP contribution >= 0.6 is 11.3 Å². The van der Waals surface area contributed by atoms with E-state index in [1.54, 1.807) is 29.3 Å². The first-order chi connectivity index (χ1) is 12.3. The Morgan fingerprint density at radius 1 is 1.35 bits per heavy atom. The lowest BCUT2D eigenvalue weighted by Gasteiger charge is -2.31. The van der Waals surface area contributed by atoms with Gasteiger partial charge in [-0.15, -0.1) is 11.3 Å². The molecule has 1 atom stereocenters. The normalized spacial score (nSPS) is 16.0. The Balaban J connectivity index is 1.81. The fourth-order valence-corrected chi connectivity index (χ4v) is 3.45. The number of rotatable bonds is 6. The first-order valence-corrected chi connectivity index (χ1v) is 9.27. The second-order valence-corrected chi connectivity index (χ2v) is 7.31. The molecule has 9 heteroatoms. The fourth-order valence-electron chi connectivity index (χ4n) is 2.82. The average Bonchev–Trinajstić information content (AvgIpc) is 3.15. The summed E-state index contributed by atoms with van der Waals surface area (Å²) in [6.45, 7) is 2.23. The third-order valence-electron chi connectivity index (χ3n) is 4.41. The third kappa shape index (κ3) is 5.04. The molecule has 2 heterocycles. The van der Waals surface area contributed by atoms with Gasteiger partial charge in [0.15, 0.2) is 0 Å². The molecule has 0 saturated carbocycles. The van der Waals surface area contributed by atoms with E-state index in [2.05, 4.69) is 5.32 Å². The Hall–Kier alpha value is -2.42. The van der Waals surface area contributed by atoms with Crippen molar-refractivity contribution in [3.63, 3.8) is 0 Å². The molecule has 1 aliphatic heterocycles. The number of likely N-dealkylation sites (tertiary alicyclic amines) is 1. The topological polar surface area (TPSA) is 107 Å². The van der Waals surface area contributed by atoms with Crippen LogP contribution in [0.3, 0.4) is 0 Å². The van der Waals surface area contributed by atoms with Gasteiger partial charge in [-0.05, 0) is 31.2 Å². The number of piperidine rings is 1. The SMILES string of the molecule is CC(NC(=O)c1cccs1)C(=O)N(C)CC(=O)N1CCC(C(=O)O)CC1. The molecule has 0 radical (unpaired) electrons. The number of nitrogens with zero attached hydrogens (tertiary/aromatic N) is 2. The number of aliphatic carboxylic acids is 1. The van der Waals surface area contributed by atoms with Gasteiger partial charge in [0.2, 0.25) is 11.8 Å². The number of carboxylic acid groups (broad SMARTS) is 1. The van der Waals surface area contributed by atoms with Crippen LogP contribution in [0, 0.1) is 5.92 Å². The number of nitrogens with one attached hydrogen (secondary N) is 1. The van der Waals surface area contributed by atoms with E-state index in [9.17, 15) is 19.2 Å². The Labute approximate surface area is 155 Å². The summed E-state index contributed by atoms with van der Waals surface area (Å²) < 4.78 is 0. The van der Waals surface area contributed by atoms with Gasteiger partial charge >= 0.3 is 5.97 Å². The minimum absolute atomic E-state index is 0.101. The minimum atomic E-state index is -0.834. The van der Waals surface area contributed by atoms with E-state index in [1.807, 2.05) is 0 Å². The molecule has 0 bridgehead atoms. The monoisotopic (exact) mass is 381 g/mol. The summed E-state index contributed by atoms with van der Waals surface area (Å²) >= 11 is 1.29. The zero-order valence-corrected chi connectivity index (χ0v) is 15.6. The highest BCUT2D eigenvalue weighted by atomic mass is 32.1. The van der Waals surface area contributed by atoms with Gasteiger partial charge in [-0.2, -0.15) is 0 Å². The van der Waals surface area contributed by atoms with Gasteiger partial charge < -0.3 is 20.2 Å². The van der Waals surface area contributed by atoms with E-state index in [-0.39, 0.29) is 24.3 Å². The molecule has 0 aliphatic carbocycles. The summed E-state index contributed by atoms with van der Waals surface area (Å²) in [4.78, 5) is 51.0. The van der Waals surface area contributed by atoms with Crippen molar-refractivity contribution in [1.29, 1.82) is 0 Å². The van der Waals surface area contributed by atoms with E-state index >= 15 is 0 Å². The average molecular weight is 381 g/mol. The molecular weight excluding hydrogens is 358 g/mol. The number of carbonyl (C=O) groups is 4. The van der Waals surface area contributed by atoms with Crippen LogP contribution < -0.4 is 5.32 Å². The third-order valence-corrected chi connectivity index (χ3v) is 5.28. The lowest BCUT2D eigenvalue weighted by molar-refractivity contribution is -0.146. The fraction of sp³-hybridized carbons (Fsp3) is 0.529. The van der Waals surface area contributed by atoms with Crippen LogP contribution in [0.25, 0.3) is 0 Å². The van der Waals surface area contributed by atoms with Gasteiger partial charge in [-0.1, -0.05) is 6.07 Å². The highest BCUT2D eigenvalue weighted by Crippen LogP contribution is 2.17. The number of amides is 3. The van der Waals surface area contributed by atoms with Crippen molar-refractivity contribution in [3.05, 3.63) is 22.4 Å². The van der Waals surface area contributed by atoms with Crippen LogP contribution in [-0.4, -0.2) is 71.3 Å². The molecule has 0 spiro atoms. The number of hydrogen-bond donors (Lipinski definition) is 2. The molecule has 142 valence electrons. The number of likely N-dealkylation sites (N-methyl/N-ethyl adjacent to an activating group) is 1. The Kier molecular flexibility index (Phi) is 6.73. The van der Waals surface area contributed by atoms with Crippen molar-refractivity contribution in [2.75, 3.05) is 26.7 Å². The van der Waals surface area contributed by atoms with E-state index in [0.717, 1.165) is 0 Å². The second kappa shape index (κ2) is 8.79. The zero-order valence-electron chi connectivity index (χ0n) is 14.8. The molecule has 2 rings (SSSR count). The maximum Gasteiger partial charge on any atom is 0.306 e. The largest absolute Gasteiger partial charge is 0.481 e. The molecule has 1 unspecified atom stereocenters. The van der Waals surface area contributed by atoms with Crippen molar-refractivity contribution >= 4 is 35.0 Å². The van der Waals surface area contributed by atoms with Gasteiger partial charge in [-0.3, -0.25) is 19.2 Å². The molecule has 1 saturated heterocycles. The first kappa shape index (κ1) is 19.9. The van der Waals surface area contributed by atoms with Crippen molar-refractivity contribution in [3.8, 4) is 0 Å².